The minimum Gasteiger partial charge on any atom is -0.491 e. The van der Waals surface area contributed by atoms with E-state index in [1.54, 1.807) is 0 Å². The maximum atomic E-state index is 8.61. The van der Waals surface area contributed by atoms with Gasteiger partial charge in [0.25, 0.3) is 0 Å². The fourth-order valence-electron chi connectivity index (χ4n) is 1.56. The lowest BCUT2D eigenvalue weighted by Crippen LogP contribution is -2.35. The molecule has 1 aromatic carbocycles. The van der Waals surface area contributed by atoms with Gasteiger partial charge in [0.1, 0.15) is 12.4 Å². The van der Waals surface area contributed by atoms with Crippen molar-refractivity contribution < 1.29 is 14.6 Å². The van der Waals surface area contributed by atoms with Gasteiger partial charge < -0.3 is 19.9 Å². The van der Waals surface area contributed by atoms with Crippen LogP contribution in [0, 0.1) is 0 Å². The van der Waals surface area contributed by atoms with Gasteiger partial charge >= 0.3 is 0 Å². The molecule has 0 aliphatic rings. The molecule has 114 valence electrons. The van der Waals surface area contributed by atoms with Crippen LogP contribution >= 0.6 is 11.6 Å². The Balaban J connectivity index is 2.56. The number of aliphatic hydroxyl groups excluding tert-OH is 1. The third-order valence-electron chi connectivity index (χ3n) is 2.55. The Hall–Kier alpha value is -0.810. The SMILES string of the molecule is CC(C)(C)NCc1cc(Cl)ccc1OCCOCCO. The van der Waals surface area contributed by atoms with Crippen LogP contribution in [0.15, 0.2) is 18.2 Å². The van der Waals surface area contributed by atoms with Crippen molar-refractivity contribution in [2.24, 2.45) is 0 Å². The topological polar surface area (TPSA) is 50.7 Å². The summed E-state index contributed by atoms with van der Waals surface area (Å²) in [6.07, 6.45) is 0. The van der Waals surface area contributed by atoms with E-state index in [0.29, 0.717) is 31.4 Å². The highest BCUT2D eigenvalue weighted by Crippen LogP contribution is 2.23. The highest BCUT2D eigenvalue weighted by molar-refractivity contribution is 6.30. The van der Waals surface area contributed by atoms with Crippen LogP contribution < -0.4 is 10.1 Å². The van der Waals surface area contributed by atoms with E-state index >= 15 is 0 Å². The zero-order chi connectivity index (χ0) is 15.0. The van der Waals surface area contributed by atoms with Crippen molar-refractivity contribution in [1.82, 2.24) is 5.32 Å². The van der Waals surface area contributed by atoms with Crippen LogP contribution in [0.1, 0.15) is 26.3 Å². The summed E-state index contributed by atoms with van der Waals surface area (Å²) in [6.45, 7) is 8.29. The molecular weight excluding hydrogens is 278 g/mol. The van der Waals surface area contributed by atoms with Crippen LogP contribution in [0.2, 0.25) is 5.02 Å². The van der Waals surface area contributed by atoms with E-state index < -0.39 is 0 Å². The third kappa shape index (κ3) is 7.10. The van der Waals surface area contributed by atoms with Gasteiger partial charge in [-0.15, -0.1) is 0 Å². The number of benzene rings is 1. The number of ether oxygens (including phenoxy) is 2. The Morgan fingerprint density at radius 1 is 1.20 bits per heavy atom. The quantitative estimate of drug-likeness (QED) is 0.725. The average Bonchev–Trinajstić information content (AvgIpc) is 2.37. The molecule has 1 rings (SSSR count). The number of halogens is 1. The standard InChI is InChI=1S/C15H24ClNO3/c1-15(2,3)17-11-12-10-13(16)4-5-14(12)20-9-8-19-7-6-18/h4-5,10,17-18H,6-9,11H2,1-3H3. The first kappa shape index (κ1) is 17.2. The molecular formula is C15H24ClNO3. The summed E-state index contributed by atoms with van der Waals surface area (Å²) in [5.41, 5.74) is 1.05. The van der Waals surface area contributed by atoms with Crippen molar-refractivity contribution in [3.05, 3.63) is 28.8 Å². The van der Waals surface area contributed by atoms with E-state index in [4.69, 9.17) is 26.2 Å². The van der Waals surface area contributed by atoms with Gasteiger partial charge in [0.05, 0.1) is 19.8 Å². The number of aliphatic hydroxyl groups is 1. The highest BCUT2D eigenvalue weighted by atomic mass is 35.5. The molecule has 0 amide bonds. The summed E-state index contributed by atoms with van der Waals surface area (Å²) < 4.78 is 10.9. The molecule has 4 nitrogen and oxygen atoms in total. The van der Waals surface area contributed by atoms with Crippen molar-refractivity contribution in [3.8, 4) is 5.75 Å². The number of rotatable bonds is 8. The lowest BCUT2D eigenvalue weighted by Gasteiger charge is -2.22. The minimum absolute atomic E-state index is 0.0295. The van der Waals surface area contributed by atoms with Crippen LogP contribution in [-0.4, -0.2) is 37.1 Å². The lowest BCUT2D eigenvalue weighted by atomic mass is 10.1. The molecule has 1 aromatic rings. The van der Waals surface area contributed by atoms with Crippen LogP contribution in [0.25, 0.3) is 0 Å². The highest BCUT2D eigenvalue weighted by Gasteiger charge is 2.11. The Morgan fingerprint density at radius 2 is 1.95 bits per heavy atom. The second-order valence-electron chi connectivity index (χ2n) is 5.54. The van der Waals surface area contributed by atoms with E-state index in [1.807, 2.05) is 18.2 Å². The molecule has 0 saturated carbocycles. The molecule has 0 heterocycles. The van der Waals surface area contributed by atoms with Crippen LogP contribution in [-0.2, 0) is 11.3 Å². The molecule has 0 unspecified atom stereocenters. The van der Waals surface area contributed by atoms with Crippen molar-refractivity contribution >= 4 is 11.6 Å². The summed E-state index contributed by atoms with van der Waals surface area (Å²) >= 11 is 6.03. The number of hydrogen-bond donors (Lipinski definition) is 2. The molecule has 2 N–H and O–H groups in total. The Labute approximate surface area is 126 Å². The van der Waals surface area contributed by atoms with Gasteiger partial charge in [-0.3, -0.25) is 0 Å². The first-order valence-electron chi connectivity index (χ1n) is 6.77. The molecule has 0 bridgehead atoms. The number of hydrogen-bond acceptors (Lipinski definition) is 4. The van der Waals surface area contributed by atoms with E-state index in [-0.39, 0.29) is 12.1 Å². The summed E-state index contributed by atoms with van der Waals surface area (Å²) in [5.74, 6) is 0.804. The van der Waals surface area contributed by atoms with Gasteiger partial charge in [0, 0.05) is 22.7 Å². The summed E-state index contributed by atoms with van der Waals surface area (Å²) in [7, 11) is 0. The van der Waals surface area contributed by atoms with Gasteiger partial charge in [0.2, 0.25) is 0 Å². The average molecular weight is 302 g/mol. The van der Waals surface area contributed by atoms with E-state index in [1.165, 1.54) is 0 Å². The zero-order valence-corrected chi connectivity index (χ0v) is 13.2. The van der Waals surface area contributed by atoms with Gasteiger partial charge in [-0.25, -0.2) is 0 Å². The fraction of sp³-hybridized carbons (Fsp3) is 0.600. The maximum absolute atomic E-state index is 8.61. The molecule has 0 aliphatic heterocycles. The molecule has 0 saturated heterocycles. The summed E-state index contributed by atoms with van der Waals surface area (Å²) in [4.78, 5) is 0. The van der Waals surface area contributed by atoms with Gasteiger partial charge in [-0.1, -0.05) is 11.6 Å². The Morgan fingerprint density at radius 3 is 2.60 bits per heavy atom. The monoisotopic (exact) mass is 301 g/mol. The largest absolute Gasteiger partial charge is 0.491 e. The lowest BCUT2D eigenvalue weighted by molar-refractivity contribution is 0.0702. The van der Waals surface area contributed by atoms with Crippen molar-refractivity contribution in [2.75, 3.05) is 26.4 Å². The fourth-order valence-corrected chi connectivity index (χ4v) is 1.76. The minimum atomic E-state index is 0.0295. The smallest absolute Gasteiger partial charge is 0.124 e. The molecule has 5 heteroatoms. The van der Waals surface area contributed by atoms with Gasteiger partial charge in [-0.2, -0.15) is 0 Å². The number of nitrogens with one attached hydrogen (secondary N) is 1. The molecule has 0 spiro atoms. The maximum Gasteiger partial charge on any atom is 0.124 e. The predicted octanol–water partition coefficient (Wildman–Crippen LogP) is 2.62. The first-order chi connectivity index (χ1) is 9.42. The molecule has 20 heavy (non-hydrogen) atoms. The molecule has 0 radical (unpaired) electrons. The molecule has 0 fully saturated rings. The van der Waals surface area contributed by atoms with Crippen LogP contribution in [0.4, 0.5) is 0 Å². The molecule has 0 aliphatic carbocycles. The Kier molecular flexibility index (Phi) is 7.30. The van der Waals surface area contributed by atoms with E-state index in [2.05, 4.69) is 26.1 Å². The molecule has 0 atom stereocenters. The zero-order valence-electron chi connectivity index (χ0n) is 12.4. The van der Waals surface area contributed by atoms with E-state index in [9.17, 15) is 0 Å². The second-order valence-corrected chi connectivity index (χ2v) is 5.98. The van der Waals surface area contributed by atoms with Gasteiger partial charge in [0.15, 0.2) is 0 Å². The predicted molar refractivity (Wildman–Crippen MR) is 81.4 cm³/mol. The van der Waals surface area contributed by atoms with Crippen molar-refractivity contribution in [3.63, 3.8) is 0 Å². The van der Waals surface area contributed by atoms with Crippen LogP contribution in [0.5, 0.6) is 5.75 Å². The Bertz CT molecular complexity index is 405. The third-order valence-corrected chi connectivity index (χ3v) is 2.79. The van der Waals surface area contributed by atoms with Crippen molar-refractivity contribution in [1.29, 1.82) is 0 Å². The molecule has 0 aromatic heterocycles. The second kappa shape index (κ2) is 8.47. The van der Waals surface area contributed by atoms with Crippen LogP contribution in [0.3, 0.4) is 0 Å². The van der Waals surface area contributed by atoms with E-state index in [0.717, 1.165) is 11.3 Å². The van der Waals surface area contributed by atoms with Gasteiger partial charge in [-0.05, 0) is 39.0 Å². The summed E-state index contributed by atoms with van der Waals surface area (Å²) in [5, 5.41) is 12.7. The normalized spacial score (nSPS) is 11.7. The first-order valence-corrected chi connectivity index (χ1v) is 7.15. The van der Waals surface area contributed by atoms with Crippen molar-refractivity contribution in [2.45, 2.75) is 32.9 Å². The summed E-state index contributed by atoms with van der Waals surface area (Å²) in [6, 6.07) is 5.59.